The number of fused-ring (bicyclic) bond motifs is 1. The topological polar surface area (TPSA) is 62.6 Å². The molecule has 1 aliphatic heterocycles. The largest absolute Gasteiger partial charge is 0.416 e. The molecule has 4 rings (SSSR count). The van der Waals surface area contributed by atoms with Crippen molar-refractivity contribution >= 4 is 11.5 Å². The van der Waals surface area contributed by atoms with E-state index in [1.54, 1.807) is 12.3 Å². The maximum Gasteiger partial charge on any atom is 0.416 e. The summed E-state index contributed by atoms with van der Waals surface area (Å²) in [6.07, 6.45) is -2.55. The summed E-state index contributed by atoms with van der Waals surface area (Å²) in [5.74, 6) is 0.551. The van der Waals surface area contributed by atoms with Crippen LogP contribution >= 0.6 is 0 Å². The van der Waals surface area contributed by atoms with Gasteiger partial charge in [-0.15, -0.1) is 0 Å². The van der Waals surface area contributed by atoms with Crippen molar-refractivity contribution in [2.75, 3.05) is 31.2 Å². The lowest BCUT2D eigenvalue weighted by molar-refractivity contribution is -0.138. The van der Waals surface area contributed by atoms with Crippen LogP contribution in [0.25, 0.3) is 5.65 Å². The average molecular weight is 392 g/mol. The van der Waals surface area contributed by atoms with Crippen LogP contribution in [0.4, 0.5) is 19.0 Å². The molecule has 0 spiro atoms. The van der Waals surface area contributed by atoms with Crippen molar-refractivity contribution in [3.05, 3.63) is 63.1 Å². The predicted molar refractivity (Wildman–Crippen MR) is 97.8 cm³/mol. The molecule has 0 atom stereocenters. The molecule has 1 aromatic carbocycles. The maximum absolute atomic E-state index is 13.2. The van der Waals surface area contributed by atoms with Crippen LogP contribution in [0.2, 0.25) is 0 Å². The summed E-state index contributed by atoms with van der Waals surface area (Å²) in [5.41, 5.74) is 0.895. The number of rotatable bonds is 3. The van der Waals surface area contributed by atoms with Crippen LogP contribution < -0.4 is 10.5 Å². The van der Waals surface area contributed by atoms with Gasteiger partial charge in [0.25, 0.3) is 5.56 Å². The number of alkyl halides is 3. The molecule has 1 aliphatic rings. The zero-order valence-electron chi connectivity index (χ0n) is 15.2. The van der Waals surface area contributed by atoms with Gasteiger partial charge in [-0.25, -0.2) is 9.50 Å². The van der Waals surface area contributed by atoms with Gasteiger partial charge in [0.1, 0.15) is 5.82 Å². The van der Waals surface area contributed by atoms with E-state index in [2.05, 4.69) is 10.1 Å². The molecule has 0 saturated carbocycles. The normalized spacial score (nSPS) is 15.4. The fourth-order valence-electron chi connectivity index (χ4n) is 3.49. The second kappa shape index (κ2) is 6.97. The minimum atomic E-state index is -4.40. The van der Waals surface area contributed by atoms with Crippen molar-refractivity contribution in [1.82, 2.24) is 14.6 Å². The van der Waals surface area contributed by atoms with Crippen molar-refractivity contribution in [3.8, 4) is 0 Å². The molecule has 0 radical (unpaired) electrons. The van der Waals surface area contributed by atoms with Gasteiger partial charge in [-0.3, -0.25) is 9.89 Å². The molecule has 0 bridgehead atoms. The number of hydrogen-bond donors (Lipinski definition) is 1. The lowest BCUT2D eigenvalue weighted by Crippen LogP contribution is -2.37. The maximum atomic E-state index is 13.2. The third-order valence-corrected chi connectivity index (χ3v) is 5.03. The number of halogens is 3. The number of morpholine rings is 1. The van der Waals surface area contributed by atoms with Crippen molar-refractivity contribution in [1.29, 1.82) is 0 Å². The van der Waals surface area contributed by atoms with Crippen molar-refractivity contribution < 1.29 is 17.9 Å². The first-order valence-corrected chi connectivity index (χ1v) is 8.93. The summed E-state index contributed by atoms with van der Waals surface area (Å²) in [4.78, 5) is 19.0. The average Bonchev–Trinajstić information content (AvgIpc) is 3.06. The van der Waals surface area contributed by atoms with Crippen LogP contribution in [0.3, 0.4) is 0 Å². The Morgan fingerprint density at radius 3 is 2.68 bits per heavy atom. The Kier molecular flexibility index (Phi) is 4.62. The van der Waals surface area contributed by atoms with Gasteiger partial charge in [0.05, 0.1) is 18.8 Å². The summed E-state index contributed by atoms with van der Waals surface area (Å²) < 4.78 is 46.2. The quantitative estimate of drug-likeness (QED) is 0.745. The number of ether oxygens (including phenoxy) is 1. The van der Waals surface area contributed by atoms with Crippen LogP contribution in [0, 0.1) is 6.92 Å². The van der Waals surface area contributed by atoms with Gasteiger partial charge in [0, 0.05) is 37.3 Å². The zero-order valence-corrected chi connectivity index (χ0v) is 15.2. The monoisotopic (exact) mass is 392 g/mol. The Hall–Kier alpha value is -2.81. The molecule has 2 aromatic heterocycles. The number of hydrogen-bond acceptors (Lipinski definition) is 4. The van der Waals surface area contributed by atoms with Crippen molar-refractivity contribution in [2.45, 2.75) is 19.5 Å². The smallest absolute Gasteiger partial charge is 0.378 e. The molecule has 148 valence electrons. The molecule has 3 heterocycles. The van der Waals surface area contributed by atoms with Gasteiger partial charge in [-0.05, 0) is 24.1 Å². The highest BCUT2D eigenvalue weighted by atomic mass is 19.4. The van der Waals surface area contributed by atoms with Gasteiger partial charge in [0.15, 0.2) is 5.65 Å². The number of benzene rings is 1. The van der Waals surface area contributed by atoms with Gasteiger partial charge in [-0.1, -0.05) is 12.1 Å². The number of anilines is 1. The number of aromatic nitrogens is 3. The standard InChI is InChI=1S/C19H19F3N4O2/c1-12-13(3-2-4-15(12)19(20,21)22)9-14-11-23-26-17(27)10-16(24-18(14)26)25-5-7-28-8-6-25/h2-4,10-11,23H,5-9H2,1H3. The summed E-state index contributed by atoms with van der Waals surface area (Å²) in [5, 5.41) is 2.85. The van der Waals surface area contributed by atoms with Crippen LogP contribution in [-0.4, -0.2) is 40.9 Å². The third-order valence-electron chi connectivity index (χ3n) is 5.03. The molecular weight excluding hydrogens is 373 g/mol. The second-order valence-electron chi connectivity index (χ2n) is 6.77. The summed E-state index contributed by atoms with van der Waals surface area (Å²) in [6.45, 7) is 3.85. The molecule has 9 heteroatoms. The lowest BCUT2D eigenvalue weighted by Gasteiger charge is -2.27. The lowest BCUT2D eigenvalue weighted by atomic mass is 9.97. The van der Waals surface area contributed by atoms with E-state index in [-0.39, 0.29) is 17.5 Å². The fourth-order valence-corrected chi connectivity index (χ4v) is 3.49. The third kappa shape index (κ3) is 3.37. The zero-order chi connectivity index (χ0) is 19.9. The van der Waals surface area contributed by atoms with E-state index in [0.717, 1.165) is 6.07 Å². The minimum Gasteiger partial charge on any atom is -0.378 e. The van der Waals surface area contributed by atoms with Gasteiger partial charge in [-0.2, -0.15) is 13.2 Å². The molecular formula is C19H19F3N4O2. The van der Waals surface area contributed by atoms with Crippen LogP contribution in [0.15, 0.2) is 35.3 Å². The van der Waals surface area contributed by atoms with Crippen LogP contribution in [-0.2, 0) is 17.3 Å². The number of H-pyrrole nitrogens is 1. The van der Waals surface area contributed by atoms with Crippen LogP contribution in [0.5, 0.6) is 0 Å². The molecule has 1 fully saturated rings. The number of nitrogens with one attached hydrogen (secondary N) is 1. The van der Waals surface area contributed by atoms with Gasteiger partial charge < -0.3 is 9.64 Å². The van der Waals surface area contributed by atoms with E-state index < -0.39 is 11.7 Å². The Labute approximate surface area is 158 Å². The SMILES string of the molecule is Cc1c(Cc2c[nH]n3c(=O)cc(N4CCOCC4)nc23)cccc1C(F)(F)F. The summed E-state index contributed by atoms with van der Waals surface area (Å²) >= 11 is 0. The number of nitrogens with zero attached hydrogens (tertiary/aromatic N) is 3. The molecule has 0 unspecified atom stereocenters. The highest BCUT2D eigenvalue weighted by molar-refractivity contribution is 5.55. The van der Waals surface area contributed by atoms with E-state index in [4.69, 9.17) is 4.74 Å². The van der Waals surface area contributed by atoms with Gasteiger partial charge >= 0.3 is 6.18 Å². The number of aromatic amines is 1. The minimum absolute atomic E-state index is 0.182. The molecule has 3 aromatic rings. The Balaban J connectivity index is 1.74. The Morgan fingerprint density at radius 2 is 1.96 bits per heavy atom. The Bertz CT molecular complexity index is 1070. The first-order valence-electron chi connectivity index (χ1n) is 8.93. The fraction of sp³-hybridized carbons (Fsp3) is 0.368. The molecule has 0 aliphatic carbocycles. The van der Waals surface area contributed by atoms with Crippen LogP contribution in [0.1, 0.15) is 22.3 Å². The molecule has 1 saturated heterocycles. The van der Waals surface area contributed by atoms with E-state index >= 15 is 0 Å². The summed E-state index contributed by atoms with van der Waals surface area (Å²) in [7, 11) is 0. The first-order chi connectivity index (χ1) is 13.3. The van der Waals surface area contributed by atoms with E-state index in [9.17, 15) is 18.0 Å². The predicted octanol–water partition coefficient (Wildman–Crippen LogP) is 2.78. The van der Waals surface area contributed by atoms with Crippen molar-refractivity contribution in [3.63, 3.8) is 0 Å². The first kappa shape index (κ1) is 18.5. The highest BCUT2D eigenvalue weighted by Gasteiger charge is 2.32. The molecule has 0 amide bonds. The summed E-state index contributed by atoms with van der Waals surface area (Å²) in [6, 6.07) is 5.60. The highest BCUT2D eigenvalue weighted by Crippen LogP contribution is 2.33. The van der Waals surface area contributed by atoms with E-state index in [0.29, 0.717) is 48.9 Å². The molecule has 28 heavy (non-hydrogen) atoms. The van der Waals surface area contributed by atoms with Crippen molar-refractivity contribution in [2.24, 2.45) is 0 Å². The van der Waals surface area contributed by atoms with E-state index in [1.807, 2.05) is 4.90 Å². The van der Waals surface area contributed by atoms with Gasteiger partial charge in [0.2, 0.25) is 0 Å². The molecule has 1 N–H and O–H groups in total. The second-order valence-corrected chi connectivity index (χ2v) is 6.77. The molecule has 6 nitrogen and oxygen atoms in total. The van der Waals surface area contributed by atoms with E-state index in [1.165, 1.54) is 23.6 Å². The Morgan fingerprint density at radius 1 is 1.21 bits per heavy atom.